The normalized spacial score (nSPS) is 25.2. The summed E-state index contributed by atoms with van der Waals surface area (Å²) < 4.78 is 0. The van der Waals surface area contributed by atoms with Gasteiger partial charge in [0.2, 0.25) is 0 Å². The second kappa shape index (κ2) is 4.28. The van der Waals surface area contributed by atoms with Crippen LogP contribution in [-0.2, 0) is 4.79 Å². The molecular weight excluding hydrogens is 170 g/mol. The number of nitrogens with zero attached hydrogens (tertiary/aromatic N) is 1. The summed E-state index contributed by atoms with van der Waals surface area (Å²) in [5, 5.41) is 0. The Morgan fingerprint density at radius 3 is 2.83 bits per heavy atom. The minimum atomic E-state index is 0.194. The van der Waals surface area contributed by atoms with Crippen molar-refractivity contribution in [3.63, 3.8) is 0 Å². The zero-order valence-electron chi connectivity index (χ0n) is 8.04. The van der Waals surface area contributed by atoms with Gasteiger partial charge in [0.1, 0.15) is 0 Å². The van der Waals surface area contributed by atoms with E-state index in [1.54, 1.807) is 0 Å². The van der Waals surface area contributed by atoms with Crippen LogP contribution in [0, 0.1) is 0 Å². The van der Waals surface area contributed by atoms with Crippen LogP contribution in [-0.4, -0.2) is 34.4 Å². The Morgan fingerprint density at radius 1 is 1.67 bits per heavy atom. The first kappa shape index (κ1) is 10.1. The van der Waals surface area contributed by atoms with Crippen LogP contribution in [0.5, 0.6) is 0 Å². The maximum Gasteiger partial charge on any atom is 0.150 e. The van der Waals surface area contributed by atoms with Crippen LogP contribution in [0.15, 0.2) is 0 Å². The van der Waals surface area contributed by atoms with E-state index in [9.17, 15) is 4.79 Å². The number of carbonyl (C=O) groups is 1. The van der Waals surface area contributed by atoms with E-state index in [2.05, 4.69) is 18.7 Å². The van der Waals surface area contributed by atoms with Crippen molar-refractivity contribution < 1.29 is 4.79 Å². The number of ketones is 1. The molecular formula is C9H17NOS. The van der Waals surface area contributed by atoms with E-state index in [1.807, 2.05) is 18.7 Å². The molecule has 1 unspecified atom stereocenters. The van der Waals surface area contributed by atoms with Crippen molar-refractivity contribution in [2.45, 2.75) is 39.3 Å². The molecule has 0 aliphatic carbocycles. The van der Waals surface area contributed by atoms with Crippen molar-refractivity contribution in [3.8, 4) is 0 Å². The van der Waals surface area contributed by atoms with E-state index in [-0.39, 0.29) is 6.04 Å². The zero-order valence-corrected chi connectivity index (χ0v) is 8.86. The lowest BCUT2D eigenvalue weighted by Crippen LogP contribution is -2.41. The third-order valence-electron chi connectivity index (χ3n) is 2.30. The van der Waals surface area contributed by atoms with Crippen molar-refractivity contribution in [3.05, 3.63) is 0 Å². The number of thioether (sulfide) groups is 1. The SMILES string of the molecule is CCC(=O)C1CSCN1C(C)C. The molecule has 1 aliphatic rings. The van der Waals surface area contributed by atoms with Gasteiger partial charge in [0.15, 0.2) is 5.78 Å². The van der Waals surface area contributed by atoms with E-state index >= 15 is 0 Å². The largest absolute Gasteiger partial charge is 0.298 e. The summed E-state index contributed by atoms with van der Waals surface area (Å²) in [6.07, 6.45) is 0.675. The summed E-state index contributed by atoms with van der Waals surface area (Å²) in [5.74, 6) is 2.41. The number of Topliss-reactive ketones (excluding diaryl/α,β-unsaturated/α-hetero) is 1. The Bertz CT molecular complexity index is 170. The zero-order chi connectivity index (χ0) is 9.14. The first-order chi connectivity index (χ1) is 5.66. The fourth-order valence-electron chi connectivity index (χ4n) is 1.48. The summed E-state index contributed by atoms with van der Waals surface area (Å²) in [7, 11) is 0. The highest BCUT2D eigenvalue weighted by Crippen LogP contribution is 2.24. The predicted molar refractivity (Wildman–Crippen MR) is 53.4 cm³/mol. The smallest absolute Gasteiger partial charge is 0.150 e. The number of rotatable bonds is 3. The second-order valence-electron chi connectivity index (χ2n) is 3.44. The van der Waals surface area contributed by atoms with Gasteiger partial charge in [-0.1, -0.05) is 6.92 Å². The molecule has 0 saturated carbocycles. The van der Waals surface area contributed by atoms with Gasteiger partial charge in [0, 0.05) is 24.1 Å². The van der Waals surface area contributed by atoms with Gasteiger partial charge in [0.05, 0.1) is 6.04 Å². The Hall–Kier alpha value is -0.0200. The van der Waals surface area contributed by atoms with Crippen molar-refractivity contribution >= 4 is 17.5 Å². The van der Waals surface area contributed by atoms with E-state index in [1.165, 1.54) is 0 Å². The molecule has 0 aromatic carbocycles. The second-order valence-corrected chi connectivity index (χ2v) is 4.44. The molecule has 0 amide bonds. The average Bonchev–Trinajstić information content (AvgIpc) is 2.50. The Balaban J connectivity index is 2.57. The van der Waals surface area contributed by atoms with Crippen molar-refractivity contribution in [2.75, 3.05) is 11.6 Å². The highest BCUT2D eigenvalue weighted by molar-refractivity contribution is 7.99. The van der Waals surface area contributed by atoms with Crippen molar-refractivity contribution in [1.29, 1.82) is 0 Å². The van der Waals surface area contributed by atoms with E-state index in [0.29, 0.717) is 18.2 Å². The van der Waals surface area contributed by atoms with Crippen LogP contribution in [0.25, 0.3) is 0 Å². The molecule has 0 radical (unpaired) electrons. The van der Waals surface area contributed by atoms with Gasteiger partial charge in [0.25, 0.3) is 0 Å². The van der Waals surface area contributed by atoms with Gasteiger partial charge >= 0.3 is 0 Å². The third kappa shape index (κ3) is 2.02. The monoisotopic (exact) mass is 187 g/mol. The van der Waals surface area contributed by atoms with Crippen LogP contribution >= 0.6 is 11.8 Å². The lowest BCUT2D eigenvalue weighted by atomic mass is 10.1. The standard InChI is InChI=1S/C9H17NOS/c1-4-9(11)8-5-12-6-10(8)7(2)3/h7-8H,4-6H2,1-3H3. The van der Waals surface area contributed by atoms with Crippen LogP contribution in [0.3, 0.4) is 0 Å². The van der Waals surface area contributed by atoms with Crippen LogP contribution in [0.4, 0.5) is 0 Å². The molecule has 0 bridgehead atoms. The summed E-state index contributed by atoms with van der Waals surface area (Å²) in [6, 6.07) is 0.695. The van der Waals surface area contributed by atoms with Crippen molar-refractivity contribution in [2.24, 2.45) is 0 Å². The lowest BCUT2D eigenvalue weighted by molar-refractivity contribution is -0.123. The summed E-state index contributed by atoms with van der Waals surface area (Å²) in [5.41, 5.74) is 0. The minimum absolute atomic E-state index is 0.194. The molecule has 1 rings (SSSR count). The number of hydrogen-bond acceptors (Lipinski definition) is 3. The molecule has 1 fully saturated rings. The maximum absolute atomic E-state index is 11.5. The van der Waals surface area contributed by atoms with Crippen LogP contribution < -0.4 is 0 Å². The molecule has 0 aromatic heterocycles. The lowest BCUT2D eigenvalue weighted by Gasteiger charge is -2.25. The molecule has 0 spiro atoms. The molecule has 1 aliphatic heterocycles. The molecule has 2 nitrogen and oxygen atoms in total. The predicted octanol–water partition coefficient (Wildman–Crippen LogP) is 1.75. The van der Waals surface area contributed by atoms with Gasteiger partial charge in [-0.25, -0.2) is 0 Å². The topological polar surface area (TPSA) is 20.3 Å². The summed E-state index contributed by atoms with van der Waals surface area (Å²) in [6.45, 7) is 6.26. The van der Waals surface area contributed by atoms with Gasteiger partial charge in [-0.2, -0.15) is 0 Å². The van der Waals surface area contributed by atoms with Gasteiger partial charge in [-0.15, -0.1) is 11.8 Å². The van der Waals surface area contributed by atoms with Gasteiger partial charge in [-0.3, -0.25) is 9.69 Å². The molecule has 0 N–H and O–H groups in total. The molecule has 1 saturated heterocycles. The van der Waals surface area contributed by atoms with Gasteiger partial charge in [-0.05, 0) is 13.8 Å². The third-order valence-corrected chi connectivity index (χ3v) is 3.33. The van der Waals surface area contributed by atoms with E-state index in [4.69, 9.17) is 0 Å². The molecule has 1 heterocycles. The number of hydrogen-bond donors (Lipinski definition) is 0. The first-order valence-corrected chi connectivity index (χ1v) is 5.68. The molecule has 1 atom stereocenters. The highest BCUT2D eigenvalue weighted by Gasteiger charge is 2.31. The Morgan fingerprint density at radius 2 is 2.33 bits per heavy atom. The molecule has 3 heteroatoms. The fourth-order valence-corrected chi connectivity index (χ4v) is 2.87. The maximum atomic E-state index is 11.5. The van der Waals surface area contributed by atoms with E-state index in [0.717, 1.165) is 11.6 Å². The van der Waals surface area contributed by atoms with Crippen LogP contribution in [0.1, 0.15) is 27.2 Å². The minimum Gasteiger partial charge on any atom is -0.298 e. The number of carbonyl (C=O) groups excluding carboxylic acids is 1. The Labute approximate surface area is 78.7 Å². The van der Waals surface area contributed by atoms with E-state index < -0.39 is 0 Å². The quantitative estimate of drug-likeness (QED) is 0.671. The summed E-state index contributed by atoms with van der Waals surface area (Å²) in [4.78, 5) is 13.8. The molecule has 0 aromatic rings. The van der Waals surface area contributed by atoms with Crippen LogP contribution in [0.2, 0.25) is 0 Å². The fraction of sp³-hybridized carbons (Fsp3) is 0.889. The van der Waals surface area contributed by atoms with Gasteiger partial charge < -0.3 is 0 Å². The average molecular weight is 187 g/mol. The molecule has 70 valence electrons. The Kier molecular flexibility index (Phi) is 3.59. The highest BCUT2D eigenvalue weighted by atomic mass is 32.2. The summed E-state index contributed by atoms with van der Waals surface area (Å²) >= 11 is 1.87. The molecule has 12 heavy (non-hydrogen) atoms. The first-order valence-electron chi connectivity index (χ1n) is 4.53. The van der Waals surface area contributed by atoms with Crippen molar-refractivity contribution in [1.82, 2.24) is 4.90 Å².